The first kappa shape index (κ1) is 18.2. The summed E-state index contributed by atoms with van der Waals surface area (Å²) >= 11 is 0. The van der Waals surface area contributed by atoms with Gasteiger partial charge in [0.05, 0.1) is 18.8 Å². The fourth-order valence-corrected chi connectivity index (χ4v) is 1.77. The quantitative estimate of drug-likeness (QED) is 0.437. The Bertz CT molecular complexity index is 216. The lowest BCUT2D eigenvalue weighted by atomic mass is 10.1. The minimum absolute atomic E-state index is 0.0583. The Labute approximate surface area is 116 Å². The van der Waals surface area contributed by atoms with Crippen molar-refractivity contribution in [3.8, 4) is 0 Å². The van der Waals surface area contributed by atoms with Crippen molar-refractivity contribution in [2.75, 3.05) is 20.3 Å². The molecule has 0 aromatic rings. The van der Waals surface area contributed by atoms with Crippen LogP contribution in [0.5, 0.6) is 0 Å². The maximum absolute atomic E-state index is 10.4. The van der Waals surface area contributed by atoms with Crippen LogP contribution in [0.15, 0.2) is 0 Å². The molecule has 5 nitrogen and oxygen atoms in total. The van der Waals surface area contributed by atoms with Gasteiger partial charge in [-0.25, -0.2) is 4.79 Å². The van der Waals surface area contributed by atoms with Gasteiger partial charge in [0.15, 0.2) is 0 Å². The van der Waals surface area contributed by atoms with Crippen LogP contribution in [-0.4, -0.2) is 43.8 Å². The van der Waals surface area contributed by atoms with E-state index in [4.69, 9.17) is 14.6 Å². The summed E-state index contributed by atoms with van der Waals surface area (Å²) in [5.41, 5.74) is 0. The molecule has 19 heavy (non-hydrogen) atoms. The van der Waals surface area contributed by atoms with Gasteiger partial charge in [-0.15, -0.1) is 0 Å². The van der Waals surface area contributed by atoms with Crippen LogP contribution in [0.25, 0.3) is 0 Å². The molecule has 1 N–H and O–H groups in total. The van der Waals surface area contributed by atoms with Gasteiger partial charge in [0.1, 0.15) is 6.61 Å². The summed E-state index contributed by atoms with van der Waals surface area (Å²) in [4.78, 5) is 10.4. The van der Waals surface area contributed by atoms with E-state index in [0.29, 0.717) is 6.61 Å². The third kappa shape index (κ3) is 10.8. The zero-order valence-corrected chi connectivity index (χ0v) is 12.4. The van der Waals surface area contributed by atoms with Crippen molar-refractivity contribution in [1.29, 1.82) is 0 Å². The van der Waals surface area contributed by atoms with Crippen molar-refractivity contribution in [1.82, 2.24) is 0 Å². The van der Waals surface area contributed by atoms with Gasteiger partial charge in [0, 0.05) is 7.11 Å². The third-order valence-electron chi connectivity index (χ3n) is 3.08. The summed E-state index contributed by atoms with van der Waals surface area (Å²) in [5.74, 6) is 0. The van der Waals surface area contributed by atoms with Crippen molar-refractivity contribution in [2.24, 2.45) is 0 Å². The van der Waals surface area contributed by atoms with Crippen LogP contribution in [0.2, 0.25) is 0 Å². The number of carbonyl (C=O) groups is 1. The highest BCUT2D eigenvalue weighted by Gasteiger charge is 2.14. The molecule has 0 rings (SSSR count). The first-order valence-electron chi connectivity index (χ1n) is 7.14. The van der Waals surface area contributed by atoms with Gasteiger partial charge in [0.2, 0.25) is 0 Å². The smallest absolute Gasteiger partial charge is 0.450 e. The average molecular weight is 276 g/mol. The van der Waals surface area contributed by atoms with E-state index in [-0.39, 0.29) is 18.8 Å². The van der Waals surface area contributed by atoms with Crippen LogP contribution >= 0.6 is 0 Å². The predicted octanol–water partition coefficient (Wildman–Crippen LogP) is 3.46. The number of hydrogen-bond donors (Lipinski definition) is 1. The molecule has 114 valence electrons. The summed E-state index contributed by atoms with van der Waals surface area (Å²) in [6.07, 6.45) is 4.89. The minimum atomic E-state index is -1.25. The van der Waals surface area contributed by atoms with E-state index >= 15 is 0 Å². The lowest BCUT2D eigenvalue weighted by molar-refractivity contribution is -0.0557. The van der Waals surface area contributed by atoms with Crippen LogP contribution in [0.3, 0.4) is 0 Å². The molecule has 0 fully saturated rings. The van der Waals surface area contributed by atoms with Crippen LogP contribution < -0.4 is 0 Å². The van der Waals surface area contributed by atoms with E-state index in [9.17, 15) is 4.79 Å². The lowest BCUT2D eigenvalue weighted by Gasteiger charge is -2.20. The summed E-state index contributed by atoms with van der Waals surface area (Å²) < 4.78 is 15.6. The van der Waals surface area contributed by atoms with Crippen molar-refractivity contribution in [3.05, 3.63) is 0 Å². The van der Waals surface area contributed by atoms with Crippen LogP contribution in [0, 0.1) is 0 Å². The van der Waals surface area contributed by atoms with E-state index in [0.717, 1.165) is 25.7 Å². The van der Waals surface area contributed by atoms with Crippen molar-refractivity contribution in [2.45, 2.75) is 64.6 Å². The summed E-state index contributed by atoms with van der Waals surface area (Å²) in [5, 5.41) is 8.54. The van der Waals surface area contributed by atoms with Gasteiger partial charge in [-0.1, -0.05) is 39.5 Å². The van der Waals surface area contributed by atoms with E-state index in [1.165, 1.54) is 12.8 Å². The van der Waals surface area contributed by atoms with Gasteiger partial charge in [-0.3, -0.25) is 0 Å². The Hall–Kier alpha value is -0.810. The van der Waals surface area contributed by atoms with Crippen molar-refractivity contribution >= 4 is 6.16 Å². The SMILES string of the molecule is CCCCCCC(COC(=O)O)OCC(CC)OC. The molecular weight excluding hydrogens is 248 g/mol. The number of unbranched alkanes of at least 4 members (excludes halogenated alkanes) is 3. The molecule has 0 aliphatic rings. The van der Waals surface area contributed by atoms with Gasteiger partial charge in [-0.2, -0.15) is 0 Å². The summed E-state index contributed by atoms with van der Waals surface area (Å²) in [6.45, 7) is 4.77. The van der Waals surface area contributed by atoms with E-state index in [1.54, 1.807) is 7.11 Å². The maximum Gasteiger partial charge on any atom is 0.505 e. The number of carboxylic acid groups (broad SMARTS) is 1. The Kier molecular flexibility index (Phi) is 11.7. The molecule has 0 heterocycles. The Balaban J connectivity index is 3.97. The molecular formula is C14H28O5. The van der Waals surface area contributed by atoms with Crippen LogP contribution in [-0.2, 0) is 14.2 Å². The molecule has 0 aromatic heterocycles. The monoisotopic (exact) mass is 276 g/mol. The number of ether oxygens (including phenoxy) is 3. The summed E-state index contributed by atoms with van der Waals surface area (Å²) in [7, 11) is 1.65. The minimum Gasteiger partial charge on any atom is -0.450 e. The van der Waals surface area contributed by atoms with Gasteiger partial charge in [-0.05, 0) is 12.8 Å². The molecule has 0 aromatic carbocycles. The fraction of sp³-hybridized carbons (Fsp3) is 0.929. The molecule has 0 amide bonds. The largest absolute Gasteiger partial charge is 0.505 e. The summed E-state index contributed by atoms with van der Waals surface area (Å²) in [6, 6.07) is 0. The zero-order valence-electron chi connectivity index (χ0n) is 12.4. The predicted molar refractivity (Wildman–Crippen MR) is 73.6 cm³/mol. The highest BCUT2D eigenvalue weighted by Crippen LogP contribution is 2.10. The maximum atomic E-state index is 10.4. The normalized spacial score (nSPS) is 14.1. The zero-order chi connectivity index (χ0) is 14.5. The molecule has 0 spiro atoms. The van der Waals surface area contributed by atoms with E-state index in [1.807, 2.05) is 6.92 Å². The Morgan fingerprint density at radius 2 is 1.84 bits per heavy atom. The Morgan fingerprint density at radius 1 is 1.11 bits per heavy atom. The second kappa shape index (κ2) is 12.2. The van der Waals surface area contributed by atoms with E-state index in [2.05, 4.69) is 11.7 Å². The van der Waals surface area contributed by atoms with E-state index < -0.39 is 6.16 Å². The third-order valence-corrected chi connectivity index (χ3v) is 3.08. The van der Waals surface area contributed by atoms with Gasteiger partial charge in [0.25, 0.3) is 0 Å². The number of rotatable bonds is 12. The average Bonchev–Trinajstić information content (AvgIpc) is 2.40. The molecule has 0 aliphatic heterocycles. The lowest BCUT2D eigenvalue weighted by Crippen LogP contribution is -2.27. The van der Waals surface area contributed by atoms with Crippen LogP contribution in [0.1, 0.15) is 52.4 Å². The Morgan fingerprint density at radius 3 is 2.37 bits per heavy atom. The molecule has 5 heteroatoms. The number of methoxy groups -OCH3 is 1. The van der Waals surface area contributed by atoms with Crippen LogP contribution in [0.4, 0.5) is 4.79 Å². The standard InChI is InChI=1S/C14H28O5/c1-4-6-7-8-9-13(11-19-14(15)16)18-10-12(5-2)17-3/h12-13H,4-11H2,1-3H3,(H,15,16). The molecule has 2 unspecified atom stereocenters. The molecule has 0 bridgehead atoms. The second-order valence-electron chi connectivity index (χ2n) is 4.65. The highest BCUT2D eigenvalue weighted by molar-refractivity contribution is 5.56. The van der Waals surface area contributed by atoms with Gasteiger partial charge >= 0.3 is 6.16 Å². The second-order valence-corrected chi connectivity index (χ2v) is 4.65. The number of hydrogen-bond acceptors (Lipinski definition) is 4. The molecule has 0 radical (unpaired) electrons. The molecule has 0 saturated heterocycles. The van der Waals surface area contributed by atoms with Crippen molar-refractivity contribution < 1.29 is 24.1 Å². The first-order valence-corrected chi connectivity index (χ1v) is 7.14. The molecule has 0 saturated carbocycles. The van der Waals surface area contributed by atoms with Crippen molar-refractivity contribution in [3.63, 3.8) is 0 Å². The molecule has 2 atom stereocenters. The molecule has 0 aliphatic carbocycles. The first-order chi connectivity index (χ1) is 9.13. The fourth-order valence-electron chi connectivity index (χ4n) is 1.77. The highest BCUT2D eigenvalue weighted by atomic mass is 16.7. The van der Waals surface area contributed by atoms with Gasteiger partial charge < -0.3 is 19.3 Å². The topological polar surface area (TPSA) is 65.0 Å².